The fourth-order valence-electron chi connectivity index (χ4n) is 9.95. The molecule has 350 valence electrons. The summed E-state index contributed by atoms with van der Waals surface area (Å²) in [5.74, 6) is 2.14. The van der Waals surface area contributed by atoms with Gasteiger partial charge in [0.25, 0.3) is 6.33 Å². The molecule has 7 heteroatoms. The van der Waals surface area contributed by atoms with E-state index in [2.05, 4.69) is 109 Å². The number of aromatic nitrogens is 5. The molecule has 0 amide bonds. The SMILES string of the molecule is [2H]c1c([2H])c([2H])c(-c2cccc(-c3c([2H])c([2H])c([2H])c([2H])c3[2H])c2-[n+]2[c-]n(-c3[c-]c(Oc4[c-]c5c(c(-n6c7ccccc7c7ccccc76)c4)c4ccccc4n5-c4cc(C(C)C(C)C)ccn4)ccc3)c3ccccc32)c([2H])c1[2H].[Pt]. The van der Waals surface area contributed by atoms with Gasteiger partial charge in [0.2, 0.25) is 0 Å². The van der Waals surface area contributed by atoms with E-state index in [1.165, 1.54) is 5.56 Å². The Morgan fingerprint density at radius 1 is 0.569 bits per heavy atom. The van der Waals surface area contributed by atoms with Crippen molar-refractivity contribution in [3.8, 4) is 56.6 Å². The minimum Gasteiger partial charge on any atom is -0.510 e. The maximum Gasteiger partial charge on any atom is 0.268 e. The van der Waals surface area contributed by atoms with Crippen LogP contribution < -0.4 is 9.30 Å². The largest absolute Gasteiger partial charge is 0.510 e. The van der Waals surface area contributed by atoms with Crippen molar-refractivity contribution >= 4 is 54.6 Å². The number of para-hydroxylation sites is 6. The maximum atomic E-state index is 9.11. The molecule has 0 spiro atoms. The molecule has 0 aliphatic heterocycles. The summed E-state index contributed by atoms with van der Waals surface area (Å²) in [5, 5.41) is 4.16. The van der Waals surface area contributed by atoms with Crippen molar-refractivity contribution in [1.82, 2.24) is 18.7 Å². The minimum absolute atomic E-state index is 0. The first kappa shape index (κ1) is 34.9. The van der Waals surface area contributed by atoms with Crippen LogP contribution in [0.5, 0.6) is 11.5 Å². The number of fused-ring (bicyclic) bond motifs is 7. The molecule has 1 unspecified atom stereocenters. The van der Waals surface area contributed by atoms with Crippen LogP contribution in [0.3, 0.4) is 0 Å². The molecule has 72 heavy (non-hydrogen) atoms. The molecule has 9 aromatic carbocycles. The Bertz CT molecular complexity index is 4580. The molecular weight excluding hydrogens is 1060 g/mol. The Morgan fingerprint density at radius 3 is 1.81 bits per heavy atom. The number of hydrogen-bond donors (Lipinski definition) is 0. The van der Waals surface area contributed by atoms with E-state index in [9.17, 15) is 0 Å². The van der Waals surface area contributed by atoms with Crippen LogP contribution >= 0.6 is 0 Å². The topological polar surface area (TPSA) is 40.8 Å². The van der Waals surface area contributed by atoms with Crippen LogP contribution in [0.1, 0.15) is 46.0 Å². The smallest absolute Gasteiger partial charge is 0.268 e. The van der Waals surface area contributed by atoms with Crippen molar-refractivity contribution < 1.29 is 44.1 Å². The van der Waals surface area contributed by atoms with Crippen molar-refractivity contribution in [2.45, 2.75) is 26.7 Å². The van der Waals surface area contributed by atoms with E-state index in [4.69, 9.17) is 23.4 Å². The van der Waals surface area contributed by atoms with E-state index in [0.717, 1.165) is 55.1 Å². The number of pyridine rings is 1. The van der Waals surface area contributed by atoms with Gasteiger partial charge in [0, 0.05) is 55.1 Å². The predicted molar refractivity (Wildman–Crippen MR) is 288 cm³/mol. The van der Waals surface area contributed by atoms with Crippen molar-refractivity contribution in [2.75, 3.05) is 0 Å². The molecule has 0 N–H and O–H groups in total. The first-order valence-electron chi connectivity index (χ1n) is 28.5. The maximum absolute atomic E-state index is 9.11. The summed E-state index contributed by atoms with van der Waals surface area (Å²) in [6.07, 6.45) is 5.33. The second kappa shape index (κ2) is 18.5. The number of hydrogen-bond acceptors (Lipinski definition) is 2. The van der Waals surface area contributed by atoms with E-state index < -0.39 is 60.4 Å². The summed E-state index contributed by atoms with van der Waals surface area (Å²) in [5.41, 5.74) is 7.50. The molecule has 4 aromatic heterocycles. The third kappa shape index (κ3) is 7.53. The zero-order chi connectivity index (χ0) is 56.3. The van der Waals surface area contributed by atoms with Gasteiger partial charge < -0.3 is 18.4 Å². The predicted octanol–water partition coefficient (Wildman–Crippen LogP) is 15.8. The molecule has 0 bridgehead atoms. The molecule has 0 saturated carbocycles. The second-order valence-corrected chi connectivity index (χ2v) is 17.9. The molecule has 0 fully saturated rings. The quantitative estimate of drug-likeness (QED) is 0.101. The molecule has 0 aliphatic rings. The molecule has 0 saturated heterocycles. The molecule has 4 heterocycles. The Hall–Kier alpha value is -8.31. The summed E-state index contributed by atoms with van der Waals surface area (Å²) in [6.45, 7) is 6.68. The molecule has 0 radical (unpaired) electrons. The van der Waals surface area contributed by atoms with Crippen LogP contribution in [-0.2, 0) is 21.1 Å². The Kier molecular flexibility index (Phi) is 8.95. The molecule has 13 aromatic rings. The Morgan fingerprint density at radius 2 is 1.15 bits per heavy atom. The van der Waals surface area contributed by atoms with Gasteiger partial charge in [-0.25, -0.2) is 4.98 Å². The number of nitrogens with zero attached hydrogens (tertiary/aromatic N) is 5. The van der Waals surface area contributed by atoms with Crippen LogP contribution in [0, 0.1) is 24.4 Å². The number of rotatable bonds is 10. The van der Waals surface area contributed by atoms with Gasteiger partial charge in [-0.05, 0) is 86.7 Å². The first-order chi connectivity index (χ1) is 39.1. The third-order valence-electron chi connectivity index (χ3n) is 13.6. The van der Waals surface area contributed by atoms with Crippen LogP contribution in [0.15, 0.2) is 218 Å². The summed E-state index contributed by atoms with van der Waals surface area (Å²) >= 11 is 0. The standard InChI is InChI=1S/C65H47N5O.Pt/c1-43(2)44(3)47-36-37-66-63(38-47)70-58-33-15-12-28-55(58)64-61(69-56-31-13-10-26-53(56)54-27-11-14-32-57(54)69)40-50(41-62(64)70)71-49-25-18-24-48(39-49)67-42-68(60-35-17-16-34-59(60)67)65-51(45-20-6-4-7-21-45)29-19-30-52(65)46-22-8-5-9-23-46;/h4-38,40,43-44H,1-3H3;/q-2;/i4D,5D,6D,7D,8D,9D,20D,21D,22D,23D;. The fraction of sp³-hybridized carbons (Fsp3) is 0.0769. The van der Waals surface area contributed by atoms with Gasteiger partial charge in [0.05, 0.1) is 41.5 Å². The van der Waals surface area contributed by atoms with E-state index in [1.54, 1.807) is 33.4 Å². The van der Waals surface area contributed by atoms with Gasteiger partial charge in [-0.2, -0.15) is 12.1 Å². The Balaban J connectivity index is 0.00000665. The molecule has 1 atom stereocenters. The van der Waals surface area contributed by atoms with Crippen molar-refractivity contribution in [3.05, 3.63) is 242 Å². The average Bonchev–Trinajstić information content (AvgIpc) is 4.28. The first-order valence-corrected chi connectivity index (χ1v) is 23.5. The summed E-state index contributed by atoms with van der Waals surface area (Å²) < 4.78 is 103. The van der Waals surface area contributed by atoms with Crippen LogP contribution in [0.2, 0.25) is 0 Å². The fourth-order valence-corrected chi connectivity index (χ4v) is 9.95. The summed E-state index contributed by atoms with van der Waals surface area (Å²) in [4.78, 5) is 5.00. The van der Waals surface area contributed by atoms with Gasteiger partial charge in [0.1, 0.15) is 5.82 Å². The van der Waals surface area contributed by atoms with Gasteiger partial charge in [-0.3, -0.25) is 4.57 Å². The number of benzene rings is 9. The van der Waals surface area contributed by atoms with Gasteiger partial charge in [0.15, 0.2) is 0 Å². The zero-order valence-electron chi connectivity index (χ0n) is 49.1. The Labute approximate surface area is 447 Å². The molecule has 6 nitrogen and oxygen atoms in total. The van der Waals surface area contributed by atoms with Crippen molar-refractivity contribution in [3.63, 3.8) is 0 Å². The number of imidazole rings is 1. The normalized spacial score (nSPS) is 14.0. The zero-order valence-corrected chi connectivity index (χ0v) is 41.4. The minimum atomic E-state index is -0.577. The van der Waals surface area contributed by atoms with Crippen LogP contribution in [0.25, 0.3) is 99.8 Å². The number of ether oxygens (including phenoxy) is 1. The van der Waals surface area contributed by atoms with Crippen molar-refractivity contribution in [2.24, 2.45) is 5.92 Å². The summed E-state index contributed by atoms with van der Waals surface area (Å²) in [6, 6.07) is 50.8. The van der Waals surface area contributed by atoms with Gasteiger partial charge >= 0.3 is 0 Å². The molecule has 0 aliphatic carbocycles. The second-order valence-electron chi connectivity index (χ2n) is 17.9. The van der Waals surface area contributed by atoms with E-state index in [0.29, 0.717) is 34.1 Å². The molecular formula is C65H47N5OPt-2. The summed E-state index contributed by atoms with van der Waals surface area (Å²) in [7, 11) is 0. The van der Waals surface area contributed by atoms with Crippen LogP contribution in [0.4, 0.5) is 0 Å². The third-order valence-corrected chi connectivity index (χ3v) is 13.6. The average molecular weight is 1120 g/mol. The monoisotopic (exact) mass is 1120 g/mol. The van der Waals surface area contributed by atoms with Gasteiger partial charge in [-0.1, -0.05) is 189 Å². The van der Waals surface area contributed by atoms with Gasteiger partial charge in [-0.15, -0.1) is 24.3 Å². The molecule has 13 rings (SSSR count). The van der Waals surface area contributed by atoms with E-state index in [-0.39, 0.29) is 54.9 Å². The van der Waals surface area contributed by atoms with E-state index >= 15 is 0 Å². The van der Waals surface area contributed by atoms with Crippen molar-refractivity contribution in [1.29, 1.82) is 0 Å². The van der Waals surface area contributed by atoms with E-state index in [1.807, 2.05) is 72.9 Å². The van der Waals surface area contributed by atoms with Crippen LogP contribution in [-0.4, -0.2) is 18.7 Å².